The minimum Gasteiger partial charge on any atom is -0.494 e. The molecule has 134 valence electrons. The standard InChI is InChI=1S/C18H18ClN5O2/c1-3-12-16(18(25)22-15-9-8-11(19)10-21-15)17(20)24(23-12)13-6-4-5-7-14(13)26-2/h4-10H,3,20H2,1-2H3,(H,21,22,25). The molecule has 0 saturated heterocycles. The topological polar surface area (TPSA) is 95.1 Å². The molecule has 3 rings (SSSR count). The first-order valence-electron chi connectivity index (χ1n) is 7.98. The Morgan fingerprint density at radius 2 is 2.08 bits per heavy atom. The quantitative estimate of drug-likeness (QED) is 0.717. The van der Waals surface area contributed by atoms with Gasteiger partial charge in [-0.3, -0.25) is 4.79 Å². The Kier molecular flexibility index (Phi) is 5.09. The van der Waals surface area contributed by atoms with Gasteiger partial charge in [0.2, 0.25) is 0 Å². The Morgan fingerprint density at radius 1 is 1.31 bits per heavy atom. The van der Waals surface area contributed by atoms with Gasteiger partial charge in [-0.2, -0.15) is 5.10 Å². The highest BCUT2D eigenvalue weighted by Gasteiger charge is 2.23. The van der Waals surface area contributed by atoms with Crippen molar-refractivity contribution in [3.63, 3.8) is 0 Å². The van der Waals surface area contributed by atoms with Crippen LogP contribution in [0.5, 0.6) is 5.75 Å². The molecular formula is C18H18ClN5O2. The van der Waals surface area contributed by atoms with E-state index in [0.717, 1.165) is 0 Å². The molecule has 3 N–H and O–H groups in total. The van der Waals surface area contributed by atoms with Crippen LogP contribution in [0.3, 0.4) is 0 Å². The van der Waals surface area contributed by atoms with E-state index in [9.17, 15) is 4.79 Å². The number of nitrogens with two attached hydrogens (primary N) is 1. The molecule has 0 saturated carbocycles. The number of nitrogen functional groups attached to an aromatic ring is 1. The Labute approximate surface area is 155 Å². The first kappa shape index (κ1) is 17.8. The lowest BCUT2D eigenvalue weighted by molar-refractivity contribution is 0.102. The number of nitrogens with zero attached hydrogens (tertiary/aromatic N) is 3. The number of nitrogens with one attached hydrogen (secondary N) is 1. The summed E-state index contributed by atoms with van der Waals surface area (Å²) in [5.41, 5.74) is 7.81. The molecule has 0 radical (unpaired) electrons. The average molecular weight is 372 g/mol. The average Bonchev–Trinajstić information content (AvgIpc) is 3.00. The van der Waals surface area contributed by atoms with E-state index in [1.807, 2.05) is 25.1 Å². The molecule has 0 bridgehead atoms. The number of amides is 1. The van der Waals surface area contributed by atoms with Crippen LogP contribution in [0.15, 0.2) is 42.6 Å². The molecule has 26 heavy (non-hydrogen) atoms. The molecule has 2 heterocycles. The fraction of sp³-hybridized carbons (Fsp3) is 0.167. The number of benzene rings is 1. The third-order valence-electron chi connectivity index (χ3n) is 3.84. The Hall–Kier alpha value is -3.06. The van der Waals surface area contributed by atoms with Gasteiger partial charge < -0.3 is 15.8 Å². The zero-order valence-electron chi connectivity index (χ0n) is 14.4. The lowest BCUT2D eigenvalue weighted by Gasteiger charge is -2.10. The molecule has 8 heteroatoms. The van der Waals surface area contributed by atoms with Gasteiger partial charge in [-0.05, 0) is 30.7 Å². The van der Waals surface area contributed by atoms with Gasteiger partial charge in [-0.25, -0.2) is 9.67 Å². The van der Waals surface area contributed by atoms with Crippen molar-refractivity contribution in [1.29, 1.82) is 0 Å². The zero-order chi connectivity index (χ0) is 18.7. The smallest absolute Gasteiger partial charge is 0.262 e. The largest absolute Gasteiger partial charge is 0.494 e. The van der Waals surface area contributed by atoms with Gasteiger partial charge in [-0.1, -0.05) is 30.7 Å². The second-order valence-electron chi connectivity index (χ2n) is 5.46. The molecular weight excluding hydrogens is 354 g/mol. The normalized spacial score (nSPS) is 10.6. The lowest BCUT2D eigenvalue weighted by Crippen LogP contribution is -2.16. The molecule has 2 aromatic heterocycles. The molecule has 0 spiro atoms. The van der Waals surface area contributed by atoms with Crippen LogP contribution < -0.4 is 15.8 Å². The van der Waals surface area contributed by atoms with Gasteiger partial charge in [0, 0.05) is 6.20 Å². The summed E-state index contributed by atoms with van der Waals surface area (Å²) in [5, 5.41) is 7.70. The van der Waals surface area contributed by atoms with Crippen LogP contribution >= 0.6 is 11.6 Å². The summed E-state index contributed by atoms with van der Waals surface area (Å²) < 4.78 is 6.88. The summed E-state index contributed by atoms with van der Waals surface area (Å²) in [6.07, 6.45) is 2.00. The number of aromatic nitrogens is 3. The summed E-state index contributed by atoms with van der Waals surface area (Å²) >= 11 is 5.82. The monoisotopic (exact) mass is 371 g/mol. The predicted molar refractivity (Wildman–Crippen MR) is 101 cm³/mol. The van der Waals surface area contributed by atoms with E-state index in [4.69, 9.17) is 22.1 Å². The molecule has 7 nitrogen and oxygen atoms in total. The SMILES string of the molecule is CCc1nn(-c2ccccc2OC)c(N)c1C(=O)Nc1ccc(Cl)cn1. The maximum Gasteiger partial charge on any atom is 0.262 e. The van der Waals surface area contributed by atoms with E-state index in [0.29, 0.717) is 40.0 Å². The van der Waals surface area contributed by atoms with E-state index in [1.54, 1.807) is 25.3 Å². The van der Waals surface area contributed by atoms with Crippen LogP contribution in [0.25, 0.3) is 5.69 Å². The first-order chi connectivity index (χ1) is 12.5. The van der Waals surface area contributed by atoms with Crippen molar-refractivity contribution in [1.82, 2.24) is 14.8 Å². The molecule has 1 amide bonds. The fourth-order valence-corrected chi connectivity index (χ4v) is 2.70. The maximum absolute atomic E-state index is 12.8. The van der Waals surface area contributed by atoms with Crippen molar-refractivity contribution in [2.24, 2.45) is 0 Å². The number of hydrogen-bond acceptors (Lipinski definition) is 5. The Morgan fingerprint density at radius 3 is 2.73 bits per heavy atom. The van der Waals surface area contributed by atoms with E-state index in [1.165, 1.54) is 10.9 Å². The number of carbonyl (C=O) groups is 1. The predicted octanol–water partition coefficient (Wildman–Crippen LogP) is 3.33. The third kappa shape index (κ3) is 3.34. The number of para-hydroxylation sites is 2. The number of rotatable bonds is 5. The van der Waals surface area contributed by atoms with Crippen LogP contribution in [0.2, 0.25) is 5.02 Å². The van der Waals surface area contributed by atoms with Crippen molar-refractivity contribution < 1.29 is 9.53 Å². The van der Waals surface area contributed by atoms with Crippen molar-refractivity contribution >= 4 is 29.1 Å². The molecule has 3 aromatic rings. The van der Waals surface area contributed by atoms with Crippen LogP contribution in [0.1, 0.15) is 23.0 Å². The highest BCUT2D eigenvalue weighted by Crippen LogP contribution is 2.28. The zero-order valence-corrected chi connectivity index (χ0v) is 15.1. The van der Waals surface area contributed by atoms with Gasteiger partial charge in [0.25, 0.3) is 5.91 Å². The van der Waals surface area contributed by atoms with Crippen molar-refractivity contribution in [3.05, 3.63) is 58.9 Å². The maximum atomic E-state index is 12.8. The number of halogens is 1. The summed E-state index contributed by atoms with van der Waals surface area (Å²) in [5.74, 6) is 0.842. The second-order valence-corrected chi connectivity index (χ2v) is 5.90. The number of anilines is 2. The molecule has 0 aliphatic carbocycles. The number of methoxy groups -OCH3 is 1. The molecule has 0 fully saturated rings. The highest BCUT2D eigenvalue weighted by molar-refractivity contribution is 6.30. The van der Waals surface area contributed by atoms with E-state index < -0.39 is 0 Å². The van der Waals surface area contributed by atoms with Crippen LogP contribution in [-0.2, 0) is 6.42 Å². The van der Waals surface area contributed by atoms with Crippen molar-refractivity contribution in [3.8, 4) is 11.4 Å². The summed E-state index contributed by atoms with van der Waals surface area (Å²) in [7, 11) is 1.57. The van der Waals surface area contributed by atoms with Crippen molar-refractivity contribution in [2.45, 2.75) is 13.3 Å². The van der Waals surface area contributed by atoms with Crippen molar-refractivity contribution in [2.75, 3.05) is 18.2 Å². The third-order valence-corrected chi connectivity index (χ3v) is 4.06. The van der Waals surface area contributed by atoms with Gasteiger partial charge in [-0.15, -0.1) is 0 Å². The minimum atomic E-state index is -0.379. The number of carbonyl (C=O) groups excluding carboxylic acids is 1. The first-order valence-corrected chi connectivity index (χ1v) is 8.36. The highest BCUT2D eigenvalue weighted by atomic mass is 35.5. The second kappa shape index (κ2) is 7.45. The Bertz CT molecular complexity index is 937. The number of pyridine rings is 1. The summed E-state index contributed by atoms with van der Waals surface area (Å²) in [6, 6.07) is 10.6. The van der Waals surface area contributed by atoms with Gasteiger partial charge in [0.05, 0.1) is 17.8 Å². The number of aryl methyl sites for hydroxylation is 1. The van der Waals surface area contributed by atoms with Gasteiger partial charge >= 0.3 is 0 Å². The summed E-state index contributed by atoms with van der Waals surface area (Å²) in [6.45, 7) is 1.91. The van der Waals surface area contributed by atoms with Crippen LogP contribution in [0.4, 0.5) is 11.6 Å². The molecule has 1 aromatic carbocycles. The molecule has 0 atom stereocenters. The molecule has 0 aliphatic heterocycles. The van der Waals surface area contributed by atoms with E-state index in [2.05, 4.69) is 15.4 Å². The van der Waals surface area contributed by atoms with E-state index in [-0.39, 0.29) is 11.7 Å². The van der Waals surface area contributed by atoms with Gasteiger partial charge in [0.15, 0.2) is 0 Å². The Balaban J connectivity index is 2.01. The van der Waals surface area contributed by atoms with Gasteiger partial charge in [0.1, 0.15) is 28.6 Å². The van der Waals surface area contributed by atoms with Crippen LogP contribution in [0, 0.1) is 0 Å². The minimum absolute atomic E-state index is 0.234. The fourth-order valence-electron chi connectivity index (χ4n) is 2.59. The van der Waals surface area contributed by atoms with E-state index >= 15 is 0 Å². The number of hydrogen-bond donors (Lipinski definition) is 2. The molecule has 0 aliphatic rings. The van der Waals surface area contributed by atoms with Crippen LogP contribution in [-0.4, -0.2) is 27.8 Å². The molecule has 0 unspecified atom stereocenters. The summed E-state index contributed by atoms with van der Waals surface area (Å²) in [4.78, 5) is 16.8. The lowest BCUT2D eigenvalue weighted by atomic mass is 10.2. The number of ether oxygens (including phenoxy) is 1.